The van der Waals surface area contributed by atoms with Crippen LogP contribution >= 0.6 is 0 Å². The number of rotatable bonds is 7. The minimum absolute atomic E-state index is 0.0381. The lowest BCUT2D eigenvalue weighted by molar-refractivity contribution is 0.414. The molecule has 3 nitrogen and oxygen atoms in total. The highest BCUT2D eigenvalue weighted by atomic mass is 16.5. The molecule has 1 aromatic carbocycles. The Morgan fingerprint density at radius 3 is 2.18 bits per heavy atom. The lowest BCUT2D eigenvalue weighted by Crippen LogP contribution is -1.97. The number of methoxy groups -OCH3 is 1. The van der Waals surface area contributed by atoms with E-state index < -0.39 is 0 Å². The van der Waals surface area contributed by atoms with Gasteiger partial charge in [0.25, 0.3) is 0 Å². The van der Waals surface area contributed by atoms with Gasteiger partial charge in [-0.3, -0.25) is 4.79 Å². The Hall–Kier alpha value is -1.77. The molecule has 0 aliphatic carbocycles. The molecular formula is C19H28O3. The van der Waals surface area contributed by atoms with Gasteiger partial charge >= 0.3 is 0 Å². The van der Waals surface area contributed by atoms with E-state index in [1.54, 1.807) is 25.3 Å². The molecule has 0 saturated carbocycles. The molecule has 0 bridgehead atoms. The highest BCUT2D eigenvalue weighted by Crippen LogP contribution is 2.17. The van der Waals surface area contributed by atoms with Crippen LogP contribution in [0.4, 0.5) is 0 Å². The first-order valence-electron chi connectivity index (χ1n) is 8.28. The summed E-state index contributed by atoms with van der Waals surface area (Å²) in [6.07, 6.45) is 11.4. The maximum absolute atomic E-state index is 11.3. The molecule has 0 saturated heterocycles. The second-order valence-electron chi connectivity index (χ2n) is 5.41. The largest absolute Gasteiger partial charge is 0.497 e. The molecule has 2 rings (SSSR count). The third-order valence-corrected chi connectivity index (χ3v) is 3.58. The van der Waals surface area contributed by atoms with Gasteiger partial charge in [0.05, 0.1) is 18.8 Å². The first kappa shape index (κ1) is 18.3. The average molecular weight is 304 g/mol. The predicted octanol–water partition coefficient (Wildman–Crippen LogP) is 5.56. The second-order valence-corrected chi connectivity index (χ2v) is 5.41. The Balaban J connectivity index is 0.000000239. The van der Waals surface area contributed by atoms with E-state index in [4.69, 9.17) is 9.15 Å². The van der Waals surface area contributed by atoms with Gasteiger partial charge in [-0.1, -0.05) is 58.8 Å². The van der Waals surface area contributed by atoms with E-state index in [1.807, 2.05) is 0 Å². The normalized spacial score (nSPS) is 10.1. The summed E-state index contributed by atoms with van der Waals surface area (Å²) in [5.41, 5.74) is 0.510. The van der Waals surface area contributed by atoms with E-state index in [-0.39, 0.29) is 5.43 Å². The first-order chi connectivity index (χ1) is 10.7. The summed E-state index contributed by atoms with van der Waals surface area (Å²) in [6.45, 7) is 4.53. The quantitative estimate of drug-likeness (QED) is 0.629. The zero-order chi connectivity index (χ0) is 16.2. The molecule has 0 aliphatic rings. The zero-order valence-electron chi connectivity index (χ0n) is 14.1. The maximum atomic E-state index is 11.3. The van der Waals surface area contributed by atoms with Crippen molar-refractivity contribution in [2.75, 3.05) is 7.11 Å². The van der Waals surface area contributed by atoms with E-state index >= 15 is 0 Å². The highest BCUT2D eigenvalue weighted by Gasteiger charge is 2.00. The summed E-state index contributed by atoms with van der Waals surface area (Å²) in [5.74, 6) is 0.682. The summed E-state index contributed by atoms with van der Waals surface area (Å²) in [7, 11) is 1.57. The van der Waals surface area contributed by atoms with Crippen LogP contribution in [0.5, 0.6) is 5.75 Å². The molecule has 0 radical (unpaired) electrons. The van der Waals surface area contributed by atoms with Crippen molar-refractivity contribution in [3.05, 3.63) is 40.8 Å². The van der Waals surface area contributed by atoms with Gasteiger partial charge in [-0.15, -0.1) is 0 Å². The van der Waals surface area contributed by atoms with Crippen LogP contribution < -0.4 is 10.2 Å². The number of hydrogen-bond acceptors (Lipinski definition) is 3. The average Bonchev–Trinajstić information content (AvgIpc) is 2.55. The Morgan fingerprint density at radius 2 is 1.59 bits per heavy atom. The van der Waals surface area contributed by atoms with Gasteiger partial charge in [0.2, 0.25) is 0 Å². The van der Waals surface area contributed by atoms with E-state index in [1.165, 1.54) is 57.3 Å². The van der Waals surface area contributed by atoms with E-state index in [2.05, 4.69) is 13.8 Å². The van der Waals surface area contributed by atoms with Gasteiger partial charge in [0.15, 0.2) is 5.43 Å². The van der Waals surface area contributed by atoms with Gasteiger partial charge in [-0.25, -0.2) is 0 Å². The Kier molecular flexibility index (Phi) is 9.04. The van der Waals surface area contributed by atoms with E-state index in [0.29, 0.717) is 16.7 Å². The molecule has 0 aliphatic heterocycles. The lowest BCUT2D eigenvalue weighted by atomic mass is 10.1. The summed E-state index contributed by atoms with van der Waals surface area (Å²) < 4.78 is 10.2. The number of unbranched alkanes of at least 4 members (excludes halogenated alkanes) is 6. The molecule has 0 N–H and O–H groups in total. The van der Waals surface area contributed by atoms with E-state index in [0.717, 1.165) is 0 Å². The van der Waals surface area contributed by atoms with Crippen molar-refractivity contribution < 1.29 is 9.15 Å². The van der Waals surface area contributed by atoms with Crippen LogP contribution in [-0.4, -0.2) is 7.11 Å². The number of fused-ring (bicyclic) bond motifs is 1. The molecule has 0 unspecified atom stereocenters. The minimum Gasteiger partial charge on any atom is -0.497 e. The molecule has 0 spiro atoms. The van der Waals surface area contributed by atoms with Gasteiger partial charge in [0, 0.05) is 12.1 Å². The monoisotopic (exact) mass is 304 g/mol. The number of hydrogen-bond donors (Lipinski definition) is 0. The van der Waals surface area contributed by atoms with Crippen molar-refractivity contribution in [3.8, 4) is 5.75 Å². The summed E-state index contributed by atoms with van der Waals surface area (Å²) in [5, 5.41) is 0.573. The summed E-state index contributed by atoms with van der Waals surface area (Å²) >= 11 is 0. The third kappa shape index (κ3) is 6.33. The van der Waals surface area contributed by atoms with Crippen LogP contribution in [0, 0.1) is 0 Å². The standard InChI is InChI=1S/C10H8O3.C9H20/c1-12-7-2-3-8-9(11)4-5-13-10(8)6-7;1-3-5-7-9-8-6-4-2/h2-6H,1H3;3-9H2,1-2H3. The van der Waals surface area contributed by atoms with Crippen molar-refractivity contribution >= 4 is 11.0 Å². The Bertz CT molecular complexity index is 580. The highest BCUT2D eigenvalue weighted by molar-refractivity contribution is 5.77. The number of benzene rings is 1. The fraction of sp³-hybridized carbons (Fsp3) is 0.526. The van der Waals surface area contributed by atoms with Crippen molar-refractivity contribution in [3.63, 3.8) is 0 Å². The lowest BCUT2D eigenvalue weighted by Gasteiger charge is -1.99. The SMILES string of the molecule is CCCCCCCCC.COc1ccc2c(=O)ccoc2c1. The molecule has 1 heterocycles. The van der Waals surface area contributed by atoms with Crippen LogP contribution in [0.3, 0.4) is 0 Å². The van der Waals surface area contributed by atoms with Crippen molar-refractivity contribution in [1.29, 1.82) is 0 Å². The summed E-state index contributed by atoms with van der Waals surface area (Å²) in [4.78, 5) is 11.3. The van der Waals surface area contributed by atoms with Gasteiger partial charge in [0.1, 0.15) is 11.3 Å². The molecule has 122 valence electrons. The zero-order valence-corrected chi connectivity index (χ0v) is 14.1. The molecule has 2 aromatic rings. The first-order valence-corrected chi connectivity index (χ1v) is 8.28. The molecule has 1 aromatic heterocycles. The van der Waals surface area contributed by atoms with Gasteiger partial charge in [-0.2, -0.15) is 0 Å². The topological polar surface area (TPSA) is 39.4 Å². The van der Waals surface area contributed by atoms with Crippen LogP contribution in [0.15, 0.2) is 39.7 Å². The smallest absolute Gasteiger partial charge is 0.192 e. The van der Waals surface area contributed by atoms with Gasteiger partial charge < -0.3 is 9.15 Å². The third-order valence-electron chi connectivity index (χ3n) is 3.58. The van der Waals surface area contributed by atoms with Gasteiger partial charge in [-0.05, 0) is 12.1 Å². The Morgan fingerprint density at radius 1 is 0.955 bits per heavy atom. The van der Waals surface area contributed by atoms with Crippen LogP contribution in [0.25, 0.3) is 11.0 Å². The molecule has 0 fully saturated rings. The second kappa shape index (κ2) is 10.9. The fourth-order valence-electron chi connectivity index (χ4n) is 2.22. The van der Waals surface area contributed by atoms with E-state index in [9.17, 15) is 4.79 Å². The predicted molar refractivity (Wildman–Crippen MR) is 92.7 cm³/mol. The maximum Gasteiger partial charge on any atom is 0.192 e. The summed E-state index contributed by atoms with van der Waals surface area (Å²) in [6, 6.07) is 6.52. The molecule has 0 amide bonds. The minimum atomic E-state index is -0.0381. The van der Waals surface area contributed by atoms with Crippen molar-refractivity contribution in [1.82, 2.24) is 0 Å². The van der Waals surface area contributed by atoms with Crippen molar-refractivity contribution in [2.24, 2.45) is 0 Å². The number of ether oxygens (including phenoxy) is 1. The molecule has 22 heavy (non-hydrogen) atoms. The molecule has 0 atom stereocenters. The Labute approximate surface area is 133 Å². The van der Waals surface area contributed by atoms with Crippen molar-refractivity contribution in [2.45, 2.75) is 58.8 Å². The molecule has 3 heteroatoms. The van der Waals surface area contributed by atoms with Crippen LogP contribution in [0.2, 0.25) is 0 Å². The van der Waals surface area contributed by atoms with Crippen LogP contribution in [-0.2, 0) is 0 Å². The van der Waals surface area contributed by atoms with Crippen LogP contribution in [0.1, 0.15) is 58.8 Å². The molecular weight excluding hydrogens is 276 g/mol. The fourth-order valence-corrected chi connectivity index (χ4v) is 2.22.